The summed E-state index contributed by atoms with van der Waals surface area (Å²) >= 11 is 0. The zero-order valence-corrected chi connectivity index (χ0v) is 13.2. The van der Waals surface area contributed by atoms with Crippen LogP contribution in [0, 0.1) is 11.5 Å². The topological polar surface area (TPSA) is 37.3 Å². The predicted molar refractivity (Wildman–Crippen MR) is 80.5 cm³/mol. The predicted octanol–water partition coefficient (Wildman–Crippen LogP) is 3.02. The highest BCUT2D eigenvalue weighted by Crippen LogP contribution is 2.40. The van der Waals surface area contributed by atoms with Crippen molar-refractivity contribution in [2.24, 2.45) is 0 Å². The molecule has 0 saturated carbocycles. The molecular weight excluding hydrogens is 252 g/mol. The number of rotatable bonds is 0. The van der Waals surface area contributed by atoms with Crippen LogP contribution in [0.3, 0.4) is 0 Å². The zero-order chi connectivity index (χ0) is 14.2. The Balaban J connectivity index is 2.59. The van der Waals surface area contributed by atoms with E-state index >= 15 is 0 Å². The minimum absolute atomic E-state index is 0.0459. The monoisotopic (exact) mass is 272 g/mol. The van der Waals surface area contributed by atoms with Crippen molar-refractivity contribution in [2.45, 2.75) is 45.2 Å². The van der Waals surface area contributed by atoms with Gasteiger partial charge in [0.1, 0.15) is 14.5 Å². The number of ketones is 1. The summed E-state index contributed by atoms with van der Waals surface area (Å²) in [4.78, 5) is 12.0. The van der Waals surface area contributed by atoms with Gasteiger partial charge in [-0.15, -0.1) is 5.54 Å². The van der Waals surface area contributed by atoms with Crippen LogP contribution >= 0.6 is 0 Å². The van der Waals surface area contributed by atoms with Gasteiger partial charge in [-0.2, -0.15) is 0 Å². The minimum Gasteiger partial charge on any atom is -0.507 e. The number of Topliss-reactive ketones (excluding diaryl/α,β-unsaturated/α-hetero) is 1. The first-order valence-electron chi connectivity index (χ1n) is 6.73. The number of benzene rings is 1. The van der Waals surface area contributed by atoms with Crippen LogP contribution in [-0.4, -0.2) is 19.7 Å². The number of phenolic OH excluding ortho intramolecular Hbond substituents is 1. The molecule has 0 bridgehead atoms. The molecule has 1 aromatic rings. The Morgan fingerprint density at radius 3 is 2.63 bits per heavy atom. The van der Waals surface area contributed by atoms with Crippen LogP contribution < -0.4 is 0 Å². The number of aromatic hydroxyl groups is 1. The van der Waals surface area contributed by atoms with E-state index in [1.54, 1.807) is 6.07 Å². The molecule has 2 nitrogen and oxygen atoms in total. The van der Waals surface area contributed by atoms with Crippen molar-refractivity contribution in [1.29, 1.82) is 0 Å². The van der Waals surface area contributed by atoms with Gasteiger partial charge in [0.25, 0.3) is 0 Å². The van der Waals surface area contributed by atoms with E-state index in [1.165, 1.54) is 0 Å². The average Bonchev–Trinajstić information content (AvgIpc) is 2.31. The van der Waals surface area contributed by atoms with Crippen molar-refractivity contribution in [3.63, 3.8) is 0 Å². The summed E-state index contributed by atoms with van der Waals surface area (Å²) in [6.07, 6.45) is 1.34. The lowest BCUT2D eigenvalue weighted by molar-refractivity contribution is 0.0953. The van der Waals surface area contributed by atoms with Gasteiger partial charge in [-0.1, -0.05) is 32.9 Å². The smallest absolute Gasteiger partial charge is 0.166 e. The van der Waals surface area contributed by atoms with Crippen molar-refractivity contribution in [1.82, 2.24) is 0 Å². The Morgan fingerprint density at radius 1 is 1.32 bits per heavy atom. The molecule has 0 unspecified atom stereocenters. The van der Waals surface area contributed by atoms with Crippen molar-refractivity contribution in [2.75, 3.05) is 0 Å². The highest BCUT2D eigenvalue weighted by atomic mass is 28.3. The molecule has 1 aliphatic rings. The lowest BCUT2D eigenvalue weighted by Crippen LogP contribution is -2.27. The fourth-order valence-electron chi connectivity index (χ4n) is 2.44. The summed E-state index contributed by atoms with van der Waals surface area (Å²) in [7, 11) is -0.941. The molecular formula is C16H20O2Si. The maximum atomic E-state index is 12.0. The van der Waals surface area contributed by atoms with Crippen molar-refractivity contribution >= 4 is 14.6 Å². The van der Waals surface area contributed by atoms with Crippen molar-refractivity contribution in [3.05, 3.63) is 28.8 Å². The van der Waals surface area contributed by atoms with Crippen LogP contribution in [0.4, 0.5) is 0 Å². The van der Waals surface area contributed by atoms with Gasteiger partial charge in [0.15, 0.2) is 5.78 Å². The van der Waals surface area contributed by atoms with Crippen LogP contribution in [0.25, 0.3) is 0 Å². The van der Waals surface area contributed by atoms with Gasteiger partial charge >= 0.3 is 0 Å². The van der Waals surface area contributed by atoms with Crippen LogP contribution in [0.2, 0.25) is 13.1 Å². The number of phenols is 1. The highest BCUT2D eigenvalue weighted by Gasteiger charge is 2.33. The van der Waals surface area contributed by atoms with Gasteiger partial charge < -0.3 is 5.11 Å². The standard InChI is InChI=1S/C16H20O2Si/c1-16(2)7-5-13(17)15-12(16)9-11(10-14(15)18)6-8-19(3)4/h9-10,18-19H,5,7H2,1-4H3. The number of fused-ring (bicyclic) bond motifs is 1. The zero-order valence-electron chi connectivity index (χ0n) is 12.0. The van der Waals surface area contributed by atoms with Crippen LogP contribution in [0.5, 0.6) is 5.75 Å². The first-order chi connectivity index (χ1) is 8.81. The van der Waals surface area contributed by atoms with Crippen LogP contribution in [0.15, 0.2) is 12.1 Å². The largest absolute Gasteiger partial charge is 0.507 e. The summed E-state index contributed by atoms with van der Waals surface area (Å²) in [6.45, 7) is 8.57. The van der Waals surface area contributed by atoms with Crippen LogP contribution in [-0.2, 0) is 5.41 Å². The molecule has 0 heterocycles. The lowest BCUT2D eigenvalue weighted by Gasteiger charge is -2.32. The second kappa shape index (κ2) is 4.86. The third-order valence-electron chi connectivity index (χ3n) is 3.61. The summed E-state index contributed by atoms with van der Waals surface area (Å²) in [5.74, 6) is 3.26. The van der Waals surface area contributed by atoms with E-state index < -0.39 is 8.80 Å². The first kappa shape index (κ1) is 13.9. The fraction of sp³-hybridized carbons (Fsp3) is 0.438. The lowest BCUT2D eigenvalue weighted by atomic mass is 9.71. The van der Waals surface area contributed by atoms with Crippen LogP contribution in [0.1, 0.15) is 48.2 Å². The summed E-state index contributed by atoms with van der Waals surface area (Å²) < 4.78 is 0. The fourth-order valence-corrected chi connectivity index (χ4v) is 2.89. The van der Waals surface area contributed by atoms with E-state index in [2.05, 4.69) is 38.4 Å². The molecule has 0 amide bonds. The normalized spacial score (nSPS) is 16.8. The van der Waals surface area contributed by atoms with Gasteiger partial charge in [0, 0.05) is 12.0 Å². The third kappa shape index (κ3) is 2.74. The number of carbonyl (C=O) groups is 1. The molecule has 2 rings (SSSR count). The maximum absolute atomic E-state index is 12.0. The van der Waals surface area contributed by atoms with E-state index in [1.807, 2.05) is 6.07 Å². The molecule has 100 valence electrons. The Labute approximate surface area is 116 Å². The molecule has 1 aromatic carbocycles. The molecule has 1 aliphatic carbocycles. The molecule has 3 heteroatoms. The first-order valence-corrected chi connectivity index (χ1v) is 9.62. The average molecular weight is 272 g/mol. The van der Waals surface area contributed by atoms with E-state index in [0.717, 1.165) is 17.5 Å². The minimum atomic E-state index is -0.941. The number of hydrogen-bond acceptors (Lipinski definition) is 2. The number of hydrogen-bond donors (Lipinski definition) is 1. The number of carbonyl (C=O) groups excluding carboxylic acids is 1. The molecule has 0 atom stereocenters. The Bertz CT molecular complexity index is 589. The molecule has 0 aromatic heterocycles. The van der Waals surface area contributed by atoms with Gasteiger partial charge in [0.05, 0.1) is 5.56 Å². The molecule has 19 heavy (non-hydrogen) atoms. The third-order valence-corrected chi connectivity index (χ3v) is 4.33. The van der Waals surface area contributed by atoms with E-state index in [-0.39, 0.29) is 16.9 Å². The maximum Gasteiger partial charge on any atom is 0.166 e. The summed E-state index contributed by atoms with van der Waals surface area (Å²) in [6, 6.07) is 3.61. The molecule has 1 N–H and O–H groups in total. The second-order valence-electron chi connectivity index (χ2n) is 6.15. The molecule has 0 aliphatic heterocycles. The summed E-state index contributed by atoms with van der Waals surface area (Å²) in [5.41, 5.74) is 5.42. The van der Waals surface area contributed by atoms with Gasteiger partial charge in [0.2, 0.25) is 0 Å². The van der Waals surface area contributed by atoms with Gasteiger partial charge in [-0.05, 0) is 29.5 Å². The quantitative estimate of drug-likeness (QED) is 0.582. The Kier molecular flexibility index (Phi) is 3.55. The second-order valence-corrected chi connectivity index (χ2v) is 8.75. The Hall–Kier alpha value is -1.53. The van der Waals surface area contributed by atoms with E-state index in [4.69, 9.17) is 0 Å². The molecule has 0 spiro atoms. The Morgan fingerprint density at radius 2 is 2.00 bits per heavy atom. The van der Waals surface area contributed by atoms with Crippen molar-refractivity contribution in [3.8, 4) is 17.2 Å². The molecule has 0 saturated heterocycles. The van der Waals surface area contributed by atoms with Crippen molar-refractivity contribution < 1.29 is 9.90 Å². The summed E-state index contributed by atoms with van der Waals surface area (Å²) in [5, 5.41) is 10.1. The van der Waals surface area contributed by atoms with E-state index in [0.29, 0.717) is 12.0 Å². The molecule has 0 radical (unpaired) electrons. The van der Waals surface area contributed by atoms with Gasteiger partial charge in [-0.3, -0.25) is 4.79 Å². The van der Waals surface area contributed by atoms with E-state index in [9.17, 15) is 9.90 Å². The highest BCUT2D eigenvalue weighted by molar-refractivity contribution is 6.64. The van der Waals surface area contributed by atoms with Gasteiger partial charge in [-0.25, -0.2) is 0 Å². The molecule has 0 fully saturated rings. The SMILES string of the molecule is C[SiH](C)C#Cc1cc(O)c2c(c1)C(C)(C)CCC2=O.